The minimum absolute atomic E-state index is 0.00426. The van der Waals surface area contributed by atoms with Crippen molar-refractivity contribution in [1.82, 2.24) is 20.3 Å². The summed E-state index contributed by atoms with van der Waals surface area (Å²) in [5.41, 5.74) is 7.99. The van der Waals surface area contributed by atoms with E-state index in [2.05, 4.69) is 54.1 Å². The lowest BCUT2D eigenvalue weighted by molar-refractivity contribution is 0.0945. The van der Waals surface area contributed by atoms with Gasteiger partial charge in [-0.05, 0) is 55.4 Å². The Kier molecular flexibility index (Phi) is 6.80. The van der Waals surface area contributed by atoms with Crippen LogP contribution in [0.15, 0.2) is 40.8 Å². The number of nitrogen functional groups attached to an aromatic ring is 1. The second kappa shape index (κ2) is 9.21. The minimum atomic E-state index is -1.87. The van der Waals surface area contributed by atoms with Crippen LogP contribution in [0, 0.1) is 6.92 Å². The van der Waals surface area contributed by atoms with Gasteiger partial charge in [-0.1, -0.05) is 26.8 Å². The summed E-state index contributed by atoms with van der Waals surface area (Å²) in [5.74, 6) is 0.909. The second-order valence-electron chi connectivity index (χ2n) is 9.26. The predicted molar refractivity (Wildman–Crippen MR) is 126 cm³/mol. The summed E-state index contributed by atoms with van der Waals surface area (Å²) < 4.78 is 11.8. The van der Waals surface area contributed by atoms with Gasteiger partial charge in [0.25, 0.3) is 5.91 Å². The molecule has 1 amide bonds. The van der Waals surface area contributed by atoms with Crippen LogP contribution in [0.4, 0.5) is 5.95 Å². The first-order valence-corrected chi connectivity index (χ1v) is 13.4. The summed E-state index contributed by atoms with van der Waals surface area (Å²) in [4.78, 5) is 25.5. The van der Waals surface area contributed by atoms with Crippen molar-refractivity contribution in [3.8, 4) is 11.5 Å². The van der Waals surface area contributed by atoms with Gasteiger partial charge >= 0.3 is 0 Å². The lowest BCUT2D eigenvalue weighted by atomic mass is 10.2. The van der Waals surface area contributed by atoms with Gasteiger partial charge in [0, 0.05) is 0 Å². The van der Waals surface area contributed by atoms with Gasteiger partial charge in [-0.3, -0.25) is 9.78 Å². The van der Waals surface area contributed by atoms with E-state index in [1.165, 1.54) is 0 Å². The Labute approximate surface area is 189 Å². The van der Waals surface area contributed by atoms with Gasteiger partial charge in [0.05, 0.1) is 24.5 Å². The molecule has 0 saturated carbocycles. The fraction of sp³-hybridized carbons (Fsp3) is 0.391. The smallest absolute Gasteiger partial charge is 0.270 e. The van der Waals surface area contributed by atoms with Crippen molar-refractivity contribution >= 4 is 20.2 Å². The predicted octanol–water partition coefficient (Wildman–Crippen LogP) is 4.47. The second-order valence-corrected chi connectivity index (χ2v) is 14.1. The van der Waals surface area contributed by atoms with Gasteiger partial charge in [-0.25, -0.2) is 9.97 Å². The van der Waals surface area contributed by atoms with Crippen LogP contribution in [-0.2, 0) is 17.6 Å². The maximum atomic E-state index is 12.7. The molecule has 3 heterocycles. The molecular formula is C23H31N5O3Si. The Morgan fingerprint density at radius 1 is 1.12 bits per heavy atom. The first kappa shape index (κ1) is 23.6. The molecule has 3 aromatic heterocycles. The number of aromatic nitrogens is 3. The van der Waals surface area contributed by atoms with Crippen molar-refractivity contribution in [2.45, 2.75) is 59.0 Å². The molecule has 170 valence electrons. The Bertz CT molecular complexity index is 1110. The molecule has 9 heteroatoms. The molecule has 0 atom stereocenters. The fourth-order valence-electron chi connectivity index (χ4n) is 2.72. The monoisotopic (exact) mass is 453 g/mol. The maximum absolute atomic E-state index is 12.7. The molecule has 0 spiro atoms. The number of carbonyl (C=O) groups is 1. The molecule has 0 bridgehead atoms. The molecule has 0 saturated heterocycles. The minimum Gasteiger partial charge on any atom is -0.460 e. The number of aryl methyl sites for hydroxylation is 1. The number of hydrogen-bond donors (Lipinski definition) is 2. The van der Waals surface area contributed by atoms with Gasteiger partial charge in [-0.15, -0.1) is 0 Å². The molecule has 0 aliphatic heterocycles. The molecular weight excluding hydrogens is 422 g/mol. The van der Waals surface area contributed by atoms with E-state index >= 15 is 0 Å². The number of nitrogens with two attached hydrogens (primary N) is 1. The highest BCUT2D eigenvalue weighted by Crippen LogP contribution is 2.36. The molecule has 8 nitrogen and oxygen atoms in total. The van der Waals surface area contributed by atoms with E-state index in [-0.39, 0.29) is 29.1 Å². The summed E-state index contributed by atoms with van der Waals surface area (Å²) >= 11 is 0. The number of carbonyl (C=O) groups excluding carboxylic acids is 1. The number of anilines is 1. The molecule has 0 fully saturated rings. The van der Waals surface area contributed by atoms with Crippen LogP contribution in [0.2, 0.25) is 18.1 Å². The zero-order valence-corrected chi connectivity index (χ0v) is 20.5. The molecule has 3 N–H and O–H groups in total. The standard InChI is InChI=1S/C23H31N5O3Si/c1-15-10-11-20(31-15)18-12-19(28-22(24)27-18)21(29)25-13-16-8-7-9-17(26-16)14-30-32(5,6)23(2,3)4/h7-12H,13-14H2,1-6H3,(H,25,29)(H2,24,27,28). The summed E-state index contributed by atoms with van der Waals surface area (Å²) in [5, 5.41) is 2.97. The van der Waals surface area contributed by atoms with Crippen LogP contribution in [0.25, 0.3) is 11.5 Å². The molecule has 0 unspecified atom stereocenters. The molecule has 32 heavy (non-hydrogen) atoms. The van der Waals surface area contributed by atoms with Crippen LogP contribution in [0.3, 0.4) is 0 Å². The third-order valence-corrected chi connectivity index (χ3v) is 10.1. The quantitative estimate of drug-likeness (QED) is 0.507. The van der Waals surface area contributed by atoms with E-state index in [4.69, 9.17) is 14.6 Å². The Morgan fingerprint density at radius 2 is 1.84 bits per heavy atom. The van der Waals surface area contributed by atoms with Crippen LogP contribution in [0.5, 0.6) is 0 Å². The molecule has 3 aromatic rings. The first-order valence-electron chi connectivity index (χ1n) is 10.5. The zero-order valence-electron chi connectivity index (χ0n) is 19.5. The van der Waals surface area contributed by atoms with E-state index in [1.54, 1.807) is 12.1 Å². The van der Waals surface area contributed by atoms with Gasteiger partial charge in [0.1, 0.15) is 17.1 Å². The number of pyridine rings is 1. The summed E-state index contributed by atoms with van der Waals surface area (Å²) in [6.45, 7) is 13.6. The maximum Gasteiger partial charge on any atom is 0.270 e. The van der Waals surface area contributed by atoms with Crippen molar-refractivity contribution < 1.29 is 13.6 Å². The van der Waals surface area contributed by atoms with Crippen molar-refractivity contribution in [2.75, 3.05) is 5.73 Å². The molecule has 0 aromatic carbocycles. The third kappa shape index (κ3) is 5.80. The number of hydrogen-bond acceptors (Lipinski definition) is 7. The zero-order chi connectivity index (χ0) is 23.5. The van der Waals surface area contributed by atoms with Crippen molar-refractivity contribution in [3.05, 3.63) is 59.2 Å². The third-order valence-electron chi connectivity index (χ3n) is 5.65. The largest absolute Gasteiger partial charge is 0.460 e. The van der Waals surface area contributed by atoms with Gasteiger partial charge in [0.15, 0.2) is 14.1 Å². The number of amides is 1. The van der Waals surface area contributed by atoms with Crippen molar-refractivity contribution in [2.24, 2.45) is 0 Å². The Balaban J connectivity index is 1.65. The molecule has 0 aliphatic carbocycles. The number of nitrogens with zero attached hydrogens (tertiary/aromatic N) is 3. The Morgan fingerprint density at radius 3 is 2.50 bits per heavy atom. The van der Waals surface area contributed by atoms with E-state index in [1.807, 2.05) is 31.2 Å². The lowest BCUT2D eigenvalue weighted by Crippen LogP contribution is -2.40. The number of nitrogens with one attached hydrogen (secondary N) is 1. The fourth-order valence-corrected chi connectivity index (χ4v) is 3.66. The number of furan rings is 1. The van der Waals surface area contributed by atoms with Crippen LogP contribution in [-0.4, -0.2) is 29.2 Å². The van der Waals surface area contributed by atoms with Gasteiger partial charge < -0.3 is 19.9 Å². The van der Waals surface area contributed by atoms with E-state index in [0.717, 1.165) is 17.1 Å². The Hall–Kier alpha value is -3.04. The summed E-state index contributed by atoms with van der Waals surface area (Å²) in [7, 11) is -1.87. The lowest BCUT2D eigenvalue weighted by Gasteiger charge is -2.36. The van der Waals surface area contributed by atoms with Gasteiger partial charge in [-0.2, -0.15) is 0 Å². The molecule has 0 aliphatic rings. The molecule has 3 rings (SSSR count). The summed E-state index contributed by atoms with van der Waals surface area (Å²) in [6, 6.07) is 10.9. The van der Waals surface area contributed by atoms with E-state index < -0.39 is 8.32 Å². The normalized spacial score (nSPS) is 12.1. The highest BCUT2D eigenvalue weighted by Gasteiger charge is 2.37. The van der Waals surface area contributed by atoms with Crippen LogP contribution >= 0.6 is 0 Å². The molecule has 0 radical (unpaired) electrons. The highest BCUT2D eigenvalue weighted by molar-refractivity contribution is 6.74. The first-order chi connectivity index (χ1) is 14.9. The SMILES string of the molecule is Cc1ccc(-c2cc(C(=O)NCc3cccc(CO[Si](C)(C)C(C)(C)C)n3)nc(N)n2)o1. The van der Waals surface area contributed by atoms with Crippen molar-refractivity contribution in [1.29, 1.82) is 0 Å². The van der Waals surface area contributed by atoms with Crippen LogP contribution in [0.1, 0.15) is 48.4 Å². The number of rotatable bonds is 7. The average molecular weight is 454 g/mol. The van der Waals surface area contributed by atoms with Crippen LogP contribution < -0.4 is 11.1 Å². The average Bonchev–Trinajstić information content (AvgIpc) is 3.16. The topological polar surface area (TPSA) is 116 Å². The highest BCUT2D eigenvalue weighted by atomic mass is 28.4. The summed E-state index contributed by atoms with van der Waals surface area (Å²) in [6.07, 6.45) is 0. The van der Waals surface area contributed by atoms with E-state index in [0.29, 0.717) is 18.1 Å². The van der Waals surface area contributed by atoms with E-state index in [9.17, 15) is 4.79 Å². The van der Waals surface area contributed by atoms with Crippen molar-refractivity contribution in [3.63, 3.8) is 0 Å². The van der Waals surface area contributed by atoms with Gasteiger partial charge in [0.2, 0.25) is 5.95 Å².